The van der Waals surface area contributed by atoms with Crippen molar-refractivity contribution in [3.05, 3.63) is 58.7 Å². The molecular weight excluding hydrogens is 301 g/mol. The van der Waals surface area contributed by atoms with Gasteiger partial charge in [-0.15, -0.1) is 0 Å². The highest BCUT2D eigenvalue weighted by molar-refractivity contribution is 6.33. The SMILES string of the molecule is CCC(Nc1ncc(C(F)(F)F)cc1Cl)c1ccccc1. The molecule has 2 rings (SSSR count). The van der Waals surface area contributed by atoms with Gasteiger partial charge in [-0.05, 0) is 18.1 Å². The summed E-state index contributed by atoms with van der Waals surface area (Å²) in [6.07, 6.45) is -2.91. The number of nitrogens with zero attached hydrogens (tertiary/aromatic N) is 1. The third kappa shape index (κ3) is 3.88. The average molecular weight is 315 g/mol. The Balaban J connectivity index is 2.23. The van der Waals surface area contributed by atoms with Gasteiger partial charge in [0.15, 0.2) is 0 Å². The third-order valence-electron chi connectivity index (χ3n) is 3.09. The lowest BCUT2D eigenvalue weighted by Crippen LogP contribution is -2.12. The summed E-state index contributed by atoms with van der Waals surface area (Å²) in [5.74, 6) is 0.250. The van der Waals surface area contributed by atoms with E-state index in [0.717, 1.165) is 24.2 Å². The molecule has 1 aromatic heterocycles. The fourth-order valence-electron chi connectivity index (χ4n) is 1.97. The van der Waals surface area contributed by atoms with Gasteiger partial charge in [0.1, 0.15) is 5.82 Å². The highest BCUT2D eigenvalue weighted by Crippen LogP contribution is 2.33. The Morgan fingerprint density at radius 1 is 1.24 bits per heavy atom. The second kappa shape index (κ2) is 6.35. The van der Waals surface area contributed by atoms with E-state index in [2.05, 4.69) is 10.3 Å². The molecule has 1 atom stereocenters. The lowest BCUT2D eigenvalue weighted by molar-refractivity contribution is -0.137. The molecule has 2 aromatic rings. The Kier molecular flexibility index (Phi) is 4.73. The Bertz CT molecular complexity index is 600. The molecule has 0 aliphatic carbocycles. The summed E-state index contributed by atoms with van der Waals surface area (Å²) < 4.78 is 37.7. The first-order chi connectivity index (χ1) is 9.91. The van der Waals surface area contributed by atoms with Crippen molar-refractivity contribution in [1.82, 2.24) is 4.98 Å². The smallest absolute Gasteiger partial charge is 0.362 e. The minimum atomic E-state index is -4.45. The maximum absolute atomic E-state index is 12.6. The highest BCUT2D eigenvalue weighted by atomic mass is 35.5. The Morgan fingerprint density at radius 3 is 2.43 bits per heavy atom. The van der Waals surface area contributed by atoms with Crippen molar-refractivity contribution in [3.63, 3.8) is 0 Å². The summed E-state index contributed by atoms with van der Waals surface area (Å²) in [4.78, 5) is 3.79. The summed E-state index contributed by atoms with van der Waals surface area (Å²) in [5.41, 5.74) is 0.170. The van der Waals surface area contributed by atoms with Crippen molar-refractivity contribution in [3.8, 4) is 0 Å². The second-order valence-corrected chi connectivity index (χ2v) is 4.98. The zero-order valence-electron chi connectivity index (χ0n) is 11.3. The lowest BCUT2D eigenvalue weighted by atomic mass is 10.0. The number of hydrogen-bond acceptors (Lipinski definition) is 2. The first-order valence-corrected chi connectivity index (χ1v) is 6.84. The normalized spacial score (nSPS) is 13.0. The second-order valence-electron chi connectivity index (χ2n) is 4.57. The van der Waals surface area contributed by atoms with E-state index in [9.17, 15) is 13.2 Å². The molecule has 2 nitrogen and oxygen atoms in total. The number of benzene rings is 1. The topological polar surface area (TPSA) is 24.9 Å². The standard InChI is InChI=1S/C15H14ClF3N2/c1-2-13(10-6-4-3-5-7-10)21-14-12(16)8-11(9-20-14)15(17,18)19/h3-9,13H,2H2,1H3,(H,20,21). The molecule has 0 fully saturated rings. The molecule has 0 aliphatic heterocycles. The van der Waals surface area contributed by atoms with Gasteiger partial charge in [0.2, 0.25) is 0 Å². The van der Waals surface area contributed by atoms with E-state index in [1.807, 2.05) is 37.3 Å². The van der Waals surface area contributed by atoms with Gasteiger partial charge in [0.05, 0.1) is 16.6 Å². The summed E-state index contributed by atoms with van der Waals surface area (Å²) in [5, 5.41) is 3.04. The van der Waals surface area contributed by atoms with E-state index in [1.165, 1.54) is 0 Å². The van der Waals surface area contributed by atoms with Gasteiger partial charge in [-0.25, -0.2) is 4.98 Å². The van der Waals surface area contributed by atoms with Crippen LogP contribution in [0.2, 0.25) is 5.02 Å². The number of nitrogens with one attached hydrogen (secondary N) is 1. The maximum atomic E-state index is 12.6. The van der Waals surface area contributed by atoms with E-state index >= 15 is 0 Å². The van der Waals surface area contributed by atoms with Crippen LogP contribution in [0, 0.1) is 0 Å². The van der Waals surface area contributed by atoms with Crippen LogP contribution >= 0.6 is 11.6 Å². The van der Waals surface area contributed by atoms with Crippen LogP contribution in [0.3, 0.4) is 0 Å². The zero-order valence-corrected chi connectivity index (χ0v) is 12.0. The molecule has 0 amide bonds. The van der Waals surface area contributed by atoms with Gasteiger partial charge >= 0.3 is 6.18 Å². The van der Waals surface area contributed by atoms with Crippen LogP contribution in [0.4, 0.5) is 19.0 Å². The molecule has 0 saturated heterocycles. The van der Waals surface area contributed by atoms with E-state index in [1.54, 1.807) is 0 Å². The minimum absolute atomic E-state index is 0.0424. The van der Waals surface area contributed by atoms with E-state index < -0.39 is 11.7 Å². The number of hydrogen-bond donors (Lipinski definition) is 1. The number of anilines is 1. The summed E-state index contributed by atoms with van der Waals surface area (Å²) in [6.45, 7) is 1.97. The Hall–Kier alpha value is -1.75. The predicted octanol–water partition coefficient (Wildman–Crippen LogP) is 5.32. The fourth-order valence-corrected chi connectivity index (χ4v) is 2.19. The molecule has 1 unspecified atom stereocenters. The minimum Gasteiger partial charge on any atom is -0.362 e. The molecule has 0 spiro atoms. The monoisotopic (exact) mass is 314 g/mol. The van der Waals surface area contributed by atoms with Crippen LogP contribution < -0.4 is 5.32 Å². The molecule has 1 aromatic carbocycles. The molecule has 0 aliphatic rings. The van der Waals surface area contributed by atoms with Gasteiger partial charge in [0, 0.05) is 6.20 Å². The molecule has 1 heterocycles. The van der Waals surface area contributed by atoms with Crippen LogP contribution in [-0.2, 0) is 6.18 Å². The van der Waals surface area contributed by atoms with Gasteiger partial charge in [0.25, 0.3) is 0 Å². The average Bonchev–Trinajstić information content (AvgIpc) is 2.46. The largest absolute Gasteiger partial charge is 0.417 e. The van der Waals surface area contributed by atoms with Crippen LogP contribution in [0.15, 0.2) is 42.6 Å². The first kappa shape index (κ1) is 15.6. The van der Waals surface area contributed by atoms with Crippen molar-refractivity contribution < 1.29 is 13.2 Å². The Morgan fingerprint density at radius 2 is 1.90 bits per heavy atom. The number of alkyl halides is 3. The summed E-state index contributed by atoms with van der Waals surface area (Å²) in [7, 11) is 0. The maximum Gasteiger partial charge on any atom is 0.417 e. The van der Waals surface area contributed by atoms with Crippen molar-refractivity contribution in [2.45, 2.75) is 25.6 Å². The zero-order chi connectivity index (χ0) is 15.5. The molecular formula is C15H14ClF3N2. The van der Waals surface area contributed by atoms with Crippen LogP contribution in [-0.4, -0.2) is 4.98 Å². The van der Waals surface area contributed by atoms with Crippen LogP contribution in [0.25, 0.3) is 0 Å². The van der Waals surface area contributed by atoms with Gasteiger partial charge in [-0.1, -0.05) is 48.9 Å². The van der Waals surface area contributed by atoms with Gasteiger partial charge in [-0.2, -0.15) is 13.2 Å². The number of pyridine rings is 1. The number of halogens is 4. The fraction of sp³-hybridized carbons (Fsp3) is 0.267. The molecule has 0 bridgehead atoms. The first-order valence-electron chi connectivity index (χ1n) is 6.46. The summed E-state index contributed by atoms with van der Waals surface area (Å²) >= 11 is 5.90. The molecule has 0 radical (unpaired) electrons. The molecule has 0 saturated carbocycles. The number of aromatic nitrogens is 1. The molecule has 1 N–H and O–H groups in total. The van der Waals surface area contributed by atoms with Crippen molar-refractivity contribution in [1.29, 1.82) is 0 Å². The van der Waals surface area contributed by atoms with Crippen molar-refractivity contribution in [2.75, 3.05) is 5.32 Å². The third-order valence-corrected chi connectivity index (χ3v) is 3.38. The molecule has 21 heavy (non-hydrogen) atoms. The van der Waals surface area contributed by atoms with Crippen molar-refractivity contribution >= 4 is 17.4 Å². The summed E-state index contributed by atoms with van der Waals surface area (Å²) in [6, 6.07) is 10.4. The van der Waals surface area contributed by atoms with Crippen LogP contribution in [0.1, 0.15) is 30.5 Å². The van der Waals surface area contributed by atoms with Crippen LogP contribution in [0.5, 0.6) is 0 Å². The van der Waals surface area contributed by atoms with Gasteiger partial charge in [-0.3, -0.25) is 0 Å². The van der Waals surface area contributed by atoms with E-state index in [-0.39, 0.29) is 16.9 Å². The molecule has 112 valence electrons. The van der Waals surface area contributed by atoms with Crippen molar-refractivity contribution in [2.24, 2.45) is 0 Å². The molecule has 6 heteroatoms. The number of rotatable bonds is 4. The quantitative estimate of drug-likeness (QED) is 0.826. The Labute approximate surface area is 126 Å². The lowest BCUT2D eigenvalue weighted by Gasteiger charge is -2.19. The predicted molar refractivity (Wildman–Crippen MR) is 77.3 cm³/mol. The highest BCUT2D eigenvalue weighted by Gasteiger charge is 2.31. The van der Waals surface area contributed by atoms with E-state index in [4.69, 9.17) is 11.6 Å². The van der Waals surface area contributed by atoms with E-state index in [0.29, 0.717) is 0 Å². The van der Waals surface area contributed by atoms with Gasteiger partial charge < -0.3 is 5.32 Å².